The Kier molecular flexibility index (Phi) is 5.72. The fourth-order valence-electron chi connectivity index (χ4n) is 3.11. The van der Waals surface area contributed by atoms with Crippen molar-refractivity contribution in [3.05, 3.63) is 53.1 Å². The van der Waals surface area contributed by atoms with Crippen LogP contribution < -0.4 is 5.73 Å². The minimum absolute atomic E-state index is 0.196. The van der Waals surface area contributed by atoms with Crippen LogP contribution in [0.3, 0.4) is 0 Å². The van der Waals surface area contributed by atoms with E-state index in [0.29, 0.717) is 18.7 Å². The maximum Gasteiger partial charge on any atom is 0.161 e. The van der Waals surface area contributed by atoms with Gasteiger partial charge in [0, 0.05) is 31.2 Å². The first-order valence-corrected chi connectivity index (χ1v) is 8.22. The van der Waals surface area contributed by atoms with Crippen LogP contribution >= 0.6 is 0 Å². The highest BCUT2D eigenvalue weighted by molar-refractivity contribution is 5.19. The number of hydrogen-bond donors (Lipinski definition) is 2. The van der Waals surface area contributed by atoms with Crippen LogP contribution in [0.2, 0.25) is 0 Å². The topological polar surface area (TPSA) is 67.2 Å². The molecule has 0 spiro atoms. The van der Waals surface area contributed by atoms with Gasteiger partial charge in [-0.05, 0) is 30.5 Å². The van der Waals surface area contributed by atoms with Crippen LogP contribution in [-0.4, -0.2) is 46.9 Å². The van der Waals surface area contributed by atoms with Gasteiger partial charge in [0.2, 0.25) is 0 Å². The maximum atomic E-state index is 12.0. The summed E-state index contributed by atoms with van der Waals surface area (Å²) in [4.78, 5) is 2.46. The number of rotatable bonds is 1. The van der Waals surface area contributed by atoms with Gasteiger partial charge in [0.15, 0.2) is 11.6 Å². The van der Waals surface area contributed by atoms with E-state index < -0.39 is 17.5 Å². The van der Waals surface area contributed by atoms with E-state index in [1.807, 2.05) is 6.20 Å². The van der Waals surface area contributed by atoms with Gasteiger partial charge in [-0.2, -0.15) is 5.10 Å². The van der Waals surface area contributed by atoms with Crippen LogP contribution in [0.25, 0.3) is 0 Å². The highest BCUT2D eigenvalue weighted by Gasteiger charge is 2.28. The molecule has 2 aromatic rings. The fourth-order valence-corrected chi connectivity index (χ4v) is 3.11. The number of aromatic nitrogens is 2. The van der Waals surface area contributed by atoms with Gasteiger partial charge < -0.3 is 10.5 Å². The van der Waals surface area contributed by atoms with Crippen LogP contribution in [0.4, 0.5) is 13.2 Å². The number of H-pyrrole nitrogens is 1. The number of ether oxygens (including phenoxy) is 1. The zero-order chi connectivity index (χ0) is 17.8. The monoisotopic (exact) mass is 354 g/mol. The van der Waals surface area contributed by atoms with E-state index in [1.54, 1.807) is 0 Å². The maximum absolute atomic E-state index is 12.0. The Bertz CT molecular complexity index is 709. The lowest BCUT2D eigenvalue weighted by Gasteiger charge is -2.38. The number of nitrogens with two attached hydrogens (primary N) is 1. The summed E-state index contributed by atoms with van der Waals surface area (Å²) < 4.78 is 41.4. The summed E-state index contributed by atoms with van der Waals surface area (Å²) >= 11 is 0. The molecule has 0 saturated carbocycles. The van der Waals surface area contributed by atoms with Gasteiger partial charge in [-0.3, -0.25) is 10.00 Å². The lowest BCUT2D eigenvalue weighted by Crippen LogP contribution is -2.49. The minimum Gasteiger partial charge on any atom is -0.378 e. The molecule has 0 amide bonds. The van der Waals surface area contributed by atoms with Crippen LogP contribution in [0.1, 0.15) is 17.7 Å². The number of fused-ring (bicyclic) bond motifs is 1. The standard InChI is InChI=1S/C11H18N4O.C6H3F3/c12-9-3-10(7-16-6-9)15-2-1-8-4-13-14-11(8)5-15;7-4-1-2-5(8)6(9)3-4/h4,9-10H,1-3,5-7,12H2,(H,13,14);1-3H/t9-,10?;/m0./s1. The number of hydrogen-bond acceptors (Lipinski definition) is 4. The molecule has 5 nitrogen and oxygen atoms in total. The quantitative estimate of drug-likeness (QED) is 0.769. The van der Waals surface area contributed by atoms with E-state index in [2.05, 4.69) is 15.1 Å². The summed E-state index contributed by atoms with van der Waals surface area (Å²) in [6.45, 7) is 3.57. The van der Waals surface area contributed by atoms with Crippen molar-refractivity contribution in [2.24, 2.45) is 5.73 Å². The molecule has 136 valence electrons. The molecule has 0 radical (unpaired) electrons. The zero-order valence-corrected chi connectivity index (χ0v) is 13.7. The molecule has 3 heterocycles. The van der Waals surface area contributed by atoms with Gasteiger partial charge in [-0.1, -0.05) is 0 Å². The van der Waals surface area contributed by atoms with Gasteiger partial charge in [0.25, 0.3) is 0 Å². The average Bonchev–Trinajstić information content (AvgIpc) is 3.07. The van der Waals surface area contributed by atoms with Crippen LogP contribution in [0, 0.1) is 17.5 Å². The van der Waals surface area contributed by atoms with Crippen molar-refractivity contribution in [3.63, 3.8) is 0 Å². The third kappa shape index (κ3) is 4.59. The highest BCUT2D eigenvalue weighted by atomic mass is 19.2. The number of nitrogens with one attached hydrogen (secondary N) is 1. The molecule has 0 aliphatic carbocycles. The van der Waals surface area contributed by atoms with Gasteiger partial charge in [0.05, 0.1) is 25.1 Å². The predicted molar refractivity (Wildman–Crippen MR) is 86.2 cm³/mol. The van der Waals surface area contributed by atoms with E-state index in [9.17, 15) is 13.2 Å². The first-order chi connectivity index (χ1) is 12.0. The van der Waals surface area contributed by atoms with E-state index in [1.165, 1.54) is 11.3 Å². The number of nitrogens with zero attached hydrogens (tertiary/aromatic N) is 2. The normalized spacial score (nSPS) is 23.5. The number of halogens is 3. The molecule has 1 fully saturated rings. The van der Waals surface area contributed by atoms with E-state index in [-0.39, 0.29) is 6.04 Å². The molecule has 25 heavy (non-hydrogen) atoms. The van der Waals surface area contributed by atoms with Gasteiger partial charge in [0.1, 0.15) is 5.82 Å². The molecule has 1 aromatic carbocycles. The van der Waals surface area contributed by atoms with E-state index in [0.717, 1.165) is 44.7 Å². The fraction of sp³-hybridized carbons (Fsp3) is 0.471. The van der Waals surface area contributed by atoms with Crippen molar-refractivity contribution < 1.29 is 17.9 Å². The van der Waals surface area contributed by atoms with E-state index in [4.69, 9.17) is 10.5 Å². The first-order valence-electron chi connectivity index (χ1n) is 8.22. The molecule has 2 aliphatic heterocycles. The molecule has 1 aromatic heterocycles. The second-order valence-corrected chi connectivity index (χ2v) is 6.34. The summed E-state index contributed by atoms with van der Waals surface area (Å²) in [5.41, 5.74) is 8.55. The lowest BCUT2D eigenvalue weighted by molar-refractivity contribution is 0.00181. The average molecular weight is 354 g/mol. The molecule has 2 atom stereocenters. The van der Waals surface area contributed by atoms with Crippen molar-refractivity contribution in [1.82, 2.24) is 15.1 Å². The van der Waals surface area contributed by atoms with Crippen LogP contribution in [0.15, 0.2) is 24.4 Å². The second-order valence-electron chi connectivity index (χ2n) is 6.34. The molecule has 0 bridgehead atoms. The van der Waals surface area contributed by atoms with Gasteiger partial charge in [-0.25, -0.2) is 13.2 Å². The predicted octanol–water partition coefficient (Wildman–Crippen LogP) is 1.99. The van der Waals surface area contributed by atoms with Crippen molar-refractivity contribution >= 4 is 0 Å². The van der Waals surface area contributed by atoms with Gasteiger partial charge >= 0.3 is 0 Å². The highest BCUT2D eigenvalue weighted by Crippen LogP contribution is 2.21. The molecule has 1 unspecified atom stereocenters. The van der Waals surface area contributed by atoms with Crippen LogP contribution in [0.5, 0.6) is 0 Å². The molecular weight excluding hydrogens is 333 g/mol. The molecule has 8 heteroatoms. The lowest BCUT2D eigenvalue weighted by atomic mass is 10.0. The Morgan fingerprint density at radius 3 is 2.76 bits per heavy atom. The Hall–Kier alpha value is -1.90. The third-order valence-corrected chi connectivity index (χ3v) is 4.45. The first kappa shape index (κ1) is 17.9. The Morgan fingerprint density at radius 2 is 2.04 bits per heavy atom. The van der Waals surface area contributed by atoms with Gasteiger partial charge in [-0.15, -0.1) is 0 Å². The van der Waals surface area contributed by atoms with Crippen molar-refractivity contribution in [1.29, 1.82) is 0 Å². The largest absolute Gasteiger partial charge is 0.378 e. The smallest absolute Gasteiger partial charge is 0.161 e. The van der Waals surface area contributed by atoms with Crippen molar-refractivity contribution in [3.8, 4) is 0 Å². The van der Waals surface area contributed by atoms with Crippen molar-refractivity contribution in [2.75, 3.05) is 19.8 Å². The second kappa shape index (κ2) is 7.99. The van der Waals surface area contributed by atoms with Crippen LogP contribution in [-0.2, 0) is 17.7 Å². The summed E-state index contributed by atoms with van der Waals surface area (Å²) in [5.74, 6) is -2.96. The Morgan fingerprint density at radius 1 is 1.20 bits per heavy atom. The SMILES string of the molecule is Fc1ccc(F)c(F)c1.N[C@@H]1COCC(N2CCc3cn[nH]c3C2)C1. The molecule has 4 rings (SSSR count). The Labute approximate surface area is 144 Å². The molecular formula is C17H21F3N4O. The third-order valence-electron chi connectivity index (χ3n) is 4.45. The zero-order valence-electron chi connectivity index (χ0n) is 13.7. The molecule has 2 aliphatic rings. The van der Waals surface area contributed by atoms with Crippen molar-refractivity contribution in [2.45, 2.75) is 31.5 Å². The summed E-state index contributed by atoms with van der Waals surface area (Å²) in [5, 5.41) is 7.16. The van der Waals surface area contributed by atoms with E-state index >= 15 is 0 Å². The molecule has 1 saturated heterocycles. The molecule has 3 N–H and O–H groups in total. The summed E-state index contributed by atoms with van der Waals surface area (Å²) in [6, 6.07) is 2.76. The number of aromatic amines is 1. The summed E-state index contributed by atoms with van der Waals surface area (Å²) in [6.07, 6.45) is 4.07. The Balaban J connectivity index is 0.000000173. The summed E-state index contributed by atoms with van der Waals surface area (Å²) in [7, 11) is 0. The minimum atomic E-state index is -1.16. The number of benzene rings is 1.